The van der Waals surface area contributed by atoms with Crippen molar-refractivity contribution in [1.29, 1.82) is 0 Å². The Kier molecular flexibility index (Phi) is 10.6. The van der Waals surface area contributed by atoms with E-state index in [-0.39, 0.29) is 34.8 Å². The van der Waals surface area contributed by atoms with Gasteiger partial charge in [0.1, 0.15) is 18.3 Å². The quantitative estimate of drug-likeness (QED) is 0.227. The molecular weight excluding hydrogens is 560 g/mol. The number of ether oxygens (including phenoxy) is 1. The molecule has 0 aromatic heterocycles. The van der Waals surface area contributed by atoms with E-state index < -0.39 is 33.4 Å². The minimum absolute atomic E-state index is 0.0568. The fraction of sp³-hybridized carbons (Fsp3) is 0.333. The van der Waals surface area contributed by atoms with E-state index in [9.17, 15) is 28.1 Å². The second-order valence-electron chi connectivity index (χ2n) is 9.92. The molecule has 42 heavy (non-hydrogen) atoms. The van der Waals surface area contributed by atoms with Crippen molar-refractivity contribution in [3.63, 3.8) is 0 Å². The third-order valence-electron chi connectivity index (χ3n) is 6.97. The zero-order valence-corrected chi connectivity index (χ0v) is 25.1. The SMILES string of the molecule is CC[C@@H](C)NC(=O)[C@H](C)N(Cc1ccccc1)C(=O)CN(c1ccc(OC)cc1)S(=O)(=O)c1ccc(C)c([N+](=O)[O-])c1. The summed E-state index contributed by atoms with van der Waals surface area (Å²) in [5.74, 6) is -0.539. The molecule has 0 aliphatic heterocycles. The molecular formula is C30H36N4O7S. The van der Waals surface area contributed by atoms with E-state index in [4.69, 9.17) is 4.74 Å². The van der Waals surface area contributed by atoms with Gasteiger partial charge >= 0.3 is 0 Å². The Morgan fingerprint density at radius 1 is 1.02 bits per heavy atom. The van der Waals surface area contributed by atoms with Crippen LogP contribution in [0.1, 0.15) is 38.3 Å². The van der Waals surface area contributed by atoms with Gasteiger partial charge in [-0.1, -0.05) is 43.3 Å². The third kappa shape index (κ3) is 7.64. The highest BCUT2D eigenvalue weighted by Crippen LogP contribution is 2.29. The molecule has 0 spiro atoms. The van der Waals surface area contributed by atoms with Crippen molar-refractivity contribution in [2.24, 2.45) is 0 Å². The van der Waals surface area contributed by atoms with Crippen LogP contribution in [0.2, 0.25) is 0 Å². The standard InChI is InChI=1S/C30H36N4O7S/c1-6-22(3)31-30(36)23(4)32(19-24-10-8-7-9-11-24)29(35)20-33(25-13-15-26(41-5)16-14-25)42(39,40)27-17-12-21(2)28(18-27)34(37)38/h7-18,22-23H,6,19-20H2,1-5H3,(H,31,36)/t22-,23+/m1/s1. The number of nitrogens with zero attached hydrogens (tertiary/aromatic N) is 3. The highest BCUT2D eigenvalue weighted by Gasteiger charge is 2.33. The third-order valence-corrected chi connectivity index (χ3v) is 8.74. The fourth-order valence-corrected chi connectivity index (χ4v) is 5.61. The largest absolute Gasteiger partial charge is 0.497 e. The molecule has 0 heterocycles. The van der Waals surface area contributed by atoms with E-state index in [2.05, 4.69) is 5.32 Å². The van der Waals surface area contributed by atoms with Crippen LogP contribution in [-0.2, 0) is 26.2 Å². The summed E-state index contributed by atoms with van der Waals surface area (Å²) in [7, 11) is -3.01. The molecule has 2 atom stereocenters. The average Bonchev–Trinajstić information content (AvgIpc) is 2.98. The summed E-state index contributed by atoms with van der Waals surface area (Å²) in [5.41, 5.74) is 0.824. The number of aryl methyl sites for hydroxylation is 1. The van der Waals surface area contributed by atoms with Crippen LogP contribution in [0.3, 0.4) is 0 Å². The summed E-state index contributed by atoms with van der Waals surface area (Å²) >= 11 is 0. The average molecular weight is 597 g/mol. The highest BCUT2D eigenvalue weighted by atomic mass is 32.2. The van der Waals surface area contributed by atoms with Gasteiger partial charge < -0.3 is 15.0 Å². The van der Waals surface area contributed by atoms with Crippen molar-refractivity contribution >= 4 is 33.2 Å². The van der Waals surface area contributed by atoms with Gasteiger partial charge in [-0.3, -0.25) is 24.0 Å². The maximum absolute atomic E-state index is 14.0. The molecule has 0 bridgehead atoms. The Bertz CT molecular complexity index is 1510. The maximum atomic E-state index is 14.0. The topological polar surface area (TPSA) is 139 Å². The van der Waals surface area contributed by atoms with Gasteiger partial charge in [-0.25, -0.2) is 8.42 Å². The molecule has 11 nitrogen and oxygen atoms in total. The predicted molar refractivity (Wildman–Crippen MR) is 160 cm³/mol. The number of sulfonamides is 1. The van der Waals surface area contributed by atoms with Gasteiger partial charge in [0.15, 0.2) is 0 Å². The Balaban J connectivity index is 2.07. The fourth-order valence-electron chi connectivity index (χ4n) is 4.18. The van der Waals surface area contributed by atoms with Crippen LogP contribution in [-0.4, -0.2) is 55.8 Å². The first-order valence-corrected chi connectivity index (χ1v) is 14.9. The number of anilines is 1. The predicted octanol–water partition coefficient (Wildman–Crippen LogP) is 4.44. The Morgan fingerprint density at radius 3 is 2.24 bits per heavy atom. The van der Waals surface area contributed by atoms with Crippen molar-refractivity contribution in [1.82, 2.24) is 10.2 Å². The van der Waals surface area contributed by atoms with Crippen LogP contribution in [0.4, 0.5) is 11.4 Å². The minimum atomic E-state index is -4.48. The van der Waals surface area contributed by atoms with Crippen molar-refractivity contribution in [2.45, 2.75) is 57.6 Å². The van der Waals surface area contributed by atoms with Crippen LogP contribution in [0.15, 0.2) is 77.7 Å². The molecule has 1 N–H and O–H groups in total. The summed E-state index contributed by atoms with van der Waals surface area (Å²) in [6, 6.07) is 17.7. The van der Waals surface area contributed by atoms with Crippen LogP contribution < -0.4 is 14.4 Å². The van der Waals surface area contributed by atoms with E-state index >= 15 is 0 Å². The number of nitrogens with one attached hydrogen (secondary N) is 1. The molecule has 224 valence electrons. The molecule has 3 aromatic carbocycles. The summed E-state index contributed by atoms with van der Waals surface area (Å²) in [6.07, 6.45) is 0.692. The monoisotopic (exact) mass is 596 g/mol. The number of methoxy groups -OCH3 is 1. The number of hydrogen-bond donors (Lipinski definition) is 1. The number of nitro benzene ring substituents is 1. The van der Waals surface area contributed by atoms with Crippen LogP contribution in [0.25, 0.3) is 0 Å². The lowest BCUT2D eigenvalue weighted by Crippen LogP contribution is -2.52. The molecule has 2 amide bonds. The molecule has 0 aliphatic carbocycles. The van der Waals surface area contributed by atoms with Gasteiger partial charge in [0.2, 0.25) is 11.8 Å². The second kappa shape index (κ2) is 13.9. The summed E-state index contributed by atoms with van der Waals surface area (Å²) in [5, 5.41) is 14.5. The normalized spacial score (nSPS) is 12.6. The molecule has 0 unspecified atom stereocenters. The second-order valence-corrected chi connectivity index (χ2v) is 11.8. The van der Waals surface area contributed by atoms with Gasteiger partial charge in [0.25, 0.3) is 15.7 Å². The van der Waals surface area contributed by atoms with Crippen molar-refractivity contribution < 1.29 is 27.7 Å². The molecule has 0 aliphatic rings. The molecule has 0 radical (unpaired) electrons. The first-order valence-electron chi connectivity index (χ1n) is 13.4. The van der Waals surface area contributed by atoms with Crippen molar-refractivity contribution in [3.8, 4) is 5.75 Å². The minimum Gasteiger partial charge on any atom is -0.497 e. The number of nitro groups is 1. The molecule has 12 heteroatoms. The Labute approximate surface area is 246 Å². The van der Waals surface area contributed by atoms with Crippen molar-refractivity contribution in [2.75, 3.05) is 18.0 Å². The maximum Gasteiger partial charge on any atom is 0.273 e. The van der Waals surface area contributed by atoms with Gasteiger partial charge in [0.05, 0.1) is 22.6 Å². The highest BCUT2D eigenvalue weighted by molar-refractivity contribution is 7.92. The molecule has 3 aromatic rings. The van der Waals surface area contributed by atoms with Gasteiger partial charge in [0, 0.05) is 24.2 Å². The lowest BCUT2D eigenvalue weighted by atomic mass is 10.1. The van der Waals surface area contributed by atoms with E-state index in [1.807, 2.05) is 32.0 Å². The van der Waals surface area contributed by atoms with Gasteiger partial charge in [-0.15, -0.1) is 0 Å². The lowest BCUT2D eigenvalue weighted by molar-refractivity contribution is -0.385. The van der Waals surface area contributed by atoms with E-state index in [0.717, 1.165) is 15.9 Å². The zero-order valence-electron chi connectivity index (χ0n) is 24.3. The smallest absolute Gasteiger partial charge is 0.273 e. The number of benzene rings is 3. The molecule has 0 saturated heterocycles. The zero-order chi connectivity index (χ0) is 31.0. The van der Waals surface area contributed by atoms with Crippen LogP contribution >= 0.6 is 0 Å². The number of hydrogen-bond acceptors (Lipinski definition) is 7. The number of rotatable bonds is 13. The van der Waals surface area contributed by atoms with E-state index in [0.29, 0.717) is 17.7 Å². The number of carbonyl (C=O) groups excluding carboxylic acids is 2. The Hall–Kier alpha value is -4.45. The van der Waals surface area contributed by atoms with Gasteiger partial charge in [-0.2, -0.15) is 0 Å². The Morgan fingerprint density at radius 2 is 1.67 bits per heavy atom. The van der Waals surface area contributed by atoms with E-state index in [1.165, 1.54) is 43.2 Å². The molecule has 3 rings (SSSR count). The summed E-state index contributed by atoms with van der Waals surface area (Å²) in [4.78, 5) is 39.0. The van der Waals surface area contributed by atoms with Crippen molar-refractivity contribution in [3.05, 3.63) is 94.0 Å². The number of amides is 2. The molecule has 0 saturated carbocycles. The number of carbonyl (C=O) groups is 2. The summed E-state index contributed by atoms with van der Waals surface area (Å²) < 4.78 is 34.1. The lowest BCUT2D eigenvalue weighted by Gasteiger charge is -2.32. The van der Waals surface area contributed by atoms with Crippen LogP contribution in [0, 0.1) is 17.0 Å². The molecule has 0 fully saturated rings. The first kappa shape index (κ1) is 32.1. The van der Waals surface area contributed by atoms with Gasteiger partial charge in [-0.05, 0) is 63.1 Å². The first-order chi connectivity index (χ1) is 19.9. The van der Waals surface area contributed by atoms with E-state index in [1.54, 1.807) is 31.2 Å². The van der Waals surface area contributed by atoms with Crippen LogP contribution in [0.5, 0.6) is 5.75 Å². The summed E-state index contributed by atoms with van der Waals surface area (Å²) in [6.45, 7) is 6.27.